The third kappa shape index (κ3) is 4.13. The Morgan fingerprint density at radius 3 is 2.50 bits per heavy atom. The number of aryl methyl sites for hydroxylation is 1. The average molecular weight is 391 g/mol. The number of nitriles is 1. The molecule has 0 aliphatic heterocycles. The number of carbonyl (C=O) groups excluding carboxylic acids is 1. The van der Waals surface area contributed by atoms with Gasteiger partial charge in [-0.3, -0.25) is 4.79 Å². The highest BCUT2D eigenvalue weighted by atomic mass is 35.5. The van der Waals surface area contributed by atoms with Gasteiger partial charge in [-0.1, -0.05) is 41.9 Å². The maximum atomic E-state index is 12.3. The second-order valence-corrected chi connectivity index (χ2v) is 6.78. The number of benzene rings is 2. The quantitative estimate of drug-likeness (QED) is 0.514. The molecule has 1 atom stereocenters. The fourth-order valence-corrected chi connectivity index (χ4v) is 3.19. The first-order valence-corrected chi connectivity index (χ1v) is 9.11. The standard InChI is InChI=1S/C22H19ClN4O/c1-15-12-18(16(2)27(15)20-10-8-19(23)9-11-20)14-25-26-22(28)21(13-24)17-6-4-3-5-7-17/h3-12,14,21H,1-2H3,(H,26,28)/b25-14-/t21-/m0/s1. The van der Waals surface area contributed by atoms with Crippen LogP contribution in [0.25, 0.3) is 5.69 Å². The number of nitrogens with one attached hydrogen (secondary N) is 1. The highest BCUT2D eigenvalue weighted by Crippen LogP contribution is 2.21. The van der Waals surface area contributed by atoms with E-state index in [-0.39, 0.29) is 0 Å². The van der Waals surface area contributed by atoms with Gasteiger partial charge in [-0.05, 0) is 49.7 Å². The van der Waals surface area contributed by atoms with Crippen LogP contribution in [-0.4, -0.2) is 16.7 Å². The highest BCUT2D eigenvalue weighted by Gasteiger charge is 2.19. The first-order valence-electron chi connectivity index (χ1n) is 8.73. The normalized spacial score (nSPS) is 11.9. The van der Waals surface area contributed by atoms with Crippen molar-refractivity contribution >= 4 is 23.7 Å². The molecule has 3 rings (SSSR count). The molecule has 6 heteroatoms. The van der Waals surface area contributed by atoms with Crippen molar-refractivity contribution in [1.82, 2.24) is 9.99 Å². The smallest absolute Gasteiger partial charge is 0.261 e. The van der Waals surface area contributed by atoms with Crippen molar-refractivity contribution in [3.05, 3.63) is 88.2 Å². The van der Waals surface area contributed by atoms with Crippen LogP contribution in [0.1, 0.15) is 28.4 Å². The maximum absolute atomic E-state index is 12.3. The van der Waals surface area contributed by atoms with E-state index in [0.29, 0.717) is 10.6 Å². The van der Waals surface area contributed by atoms with Crippen molar-refractivity contribution in [2.45, 2.75) is 19.8 Å². The third-order valence-electron chi connectivity index (χ3n) is 4.46. The van der Waals surface area contributed by atoms with E-state index in [1.165, 1.54) is 0 Å². The Hall–Kier alpha value is -3.36. The first kappa shape index (κ1) is 19.4. The molecule has 140 valence electrons. The molecular formula is C22H19ClN4O. The SMILES string of the molecule is Cc1cc(/C=N\NC(=O)[C@@H](C#N)c2ccccc2)c(C)n1-c1ccc(Cl)cc1. The van der Waals surface area contributed by atoms with Gasteiger partial charge in [-0.25, -0.2) is 5.43 Å². The van der Waals surface area contributed by atoms with Gasteiger partial charge in [-0.15, -0.1) is 0 Å². The molecule has 3 aromatic rings. The zero-order chi connectivity index (χ0) is 20.1. The number of hydrazone groups is 1. The largest absolute Gasteiger partial charge is 0.318 e. The van der Waals surface area contributed by atoms with E-state index >= 15 is 0 Å². The number of nitrogens with zero attached hydrogens (tertiary/aromatic N) is 3. The molecule has 0 saturated heterocycles. The van der Waals surface area contributed by atoms with Gasteiger partial charge in [0.25, 0.3) is 5.91 Å². The second-order valence-electron chi connectivity index (χ2n) is 6.35. The van der Waals surface area contributed by atoms with E-state index < -0.39 is 11.8 Å². The molecule has 0 saturated carbocycles. The van der Waals surface area contributed by atoms with Gasteiger partial charge in [0.1, 0.15) is 0 Å². The van der Waals surface area contributed by atoms with Gasteiger partial charge in [0.15, 0.2) is 5.92 Å². The molecule has 1 aromatic heterocycles. The summed E-state index contributed by atoms with van der Waals surface area (Å²) in [6, 6.07) is 20.5. The second kappa shape index (κ2) is 8.55. The summed E-state index contributed by atoms with van der Waals surface area (Å²) >= 11 is 5.97. The van der Waals surface area contributed by atoms with Crippen LogP contribution in [-0.2, 0) is 4.79 Å². The van der Waals surface area contributed by atoms with E-state index in [9.17, 15) is 10.1 Å². The lowest BCUT2D eigenvalue weighted by atomic mass is 10.0. The predicted molar refractivity (Wildman–Crippen MR) is 111 cm³/mol. The van der Waals surface area contributed by atoms with Gasteiger partial charge >= 0.3 is 0 Å². The van der Waals surface area contributed by atoms with Crippen LogP contribution < -0.4 is 5.43 Å². The van der Waals surface area contributed by atoms with E-state index in [0.717, 1.165) is 22.6 Å². The van der Waals surface area contributed by atoms with Crippen LogP contribution >= 0.6 is 11.6 Å². The summed E-state index contributed by atoms with van der Waals surface area (Å²) < 4.78 is 2.08. The van der Waals surface area contributed by atoms with Gasteiger partial charge in [-0.2, -0.15) is 10.4 Å². The molecule has 0 radical (unpaired) electrons. The van der Waals surface area contributed by atoms with Gasteiger partial charge in [0.05, 0.1) is 12.3 Å². The summed E-state index contributed by atoms with van der Waals surface area (Å²) in [4.78, 5) is 12.3. The fourth-order valence-electron chi connectivity index (χ4n) is 3.07. The fraction of sp³-hybridized carbons (Fsp3) is 0.136. The van der Waals surface area contributed by atoms with Gasteiger partial charge in [0.2, 0.25) is 0 Å². The van der Waals surface area contributed by atoms with E-state index in [1.54, 1.807) is 30.5 Å². The Kier molecular flexibility index (Phi) is 5.93. The molecule has 0 spiro atoms. The van der Waals surface area contributed by atoms with Crippen molar-refractivity contribution < 1.29 is 4.79 Å². The molecule has 0 bridgehead atoms. The highest BCUT2D eigenvalue weighted by molar-refractivity contribution is 6.30. The maximum Gasteiger partial charge on any atom is 0.261 e. The minimum atomic E-state index is -0.903. The number of rotatable bonds is 5. The number of carbonyl (C=O) groups is 1. The van der Waals surface area contributed by atoms with Crippen molar-refractivity contribution in [2.75, 3.05) is 0 Å². The molecule has 5 nitrogen and oxygen atoms in total. The van der Waals surface area contributed by atoms with Crippen LogP contribution in [0.2, 0.25) is 5.02 Å². The molecule has 0 aliphatic carbocycles. The predicted octanol–water partition coefficient (Wildman–Crippen LogP) is 4.51. The van der Waals surface area contributed by atoms with Gasteiger partial charge in [0, 0.05) is 27.7 Å². The van der Waals surface area contributed by atoms with E-state index in [4.69, 9.17) is 11.6 Å². The monoisotopic (exact) mass is 390 g/mol. The summed E-state index contributed by atoms with van der Waals surface area (Å²) in [5.74, 6) is -1.36. The van der Waals surface area contributed by atoms with Crippen LogP contribution in [0, 0.1) is 25.2 Å². The molecular weight excluding hydrogens is 372 g/mol. The molecule has 0 unspecified atom stereocenters. The Morgan fingerprint density at radius 2 is 1.86 bits per heavy atom. The van der Waals surface area contributed by atoms with Crippen LogP contribution in [0.3, 0.4) is 0 Å². The van der Waals surface area contributed by atoms with E-state index in [2.05, 4.69) is 15.1 Å². The van der Waals surface area contributed by atoms with Crippen LogP contribution in [0.4, 0.5) is 0 Å². The van der Waals surface area contributed by atoms with Crippen LogP contribution in [0.15, 0.2) is 65.8 Å². The Balaban J connectivity index is 1.76. The summed E-state index contributed by atoms with van der Waals surface area (Å²) in [5, 5.41) is 14.1. The summed E-state index contributed by atoms with van der Waals surface area (Å²) in [6.45, 7) is 3.98. The topological polar surface area (TPSA) is 70.2 Å². The molecule has 28 heavy (non-hydrogen) atoms. The molecule has 1 heterocycles. The zero-order valence-corrected chi connectivity index (χ0v) is 16.3. The Morgan fingerprint density at radius 1 is 1.18 bits per heavy atom. The molecule has 2 aromatic carbocycles. The zero-order valence-electron chi connectivity index (χ0n) is 15.6. The van der Waals surface area contributed by atoms with Crippen molar-refractivity contribution in [3.63, 3.8) is 0 Å². The lowest BCUT2D eigenvalue weighted by Crippen LogP contribution is -2.24. The molecule has 1 N–H and O–H groups in total. The number of aromatic nitrogens is 1. The number of amides is 1. The third-order valence-corrected chi connectivity index (χ3v) is 4.71. The molecule has 0 fully saturated rings. The van der Waals surface area contributed by atoms with Gasteiger partial charge < -0.3 is 4.57 Å². The average Bonchev–Trinajstić information content (AvgIpc) is 2.97. The van der Waals surface area contributed by atoms with Crippen molar-refractivity contribution in [3.8, 4) is 11.8 Å². The summed E-state index contributed by atoms with van der Waals surface area (Å²) in [5.41, 5.74) is 6.99. The summed E-state index contributed by atoms with van der Waals surface area (Å²) in [7, 11) is 0. The molecule has 1 amide bonds. The minimum Gasteiger partial charge on any atom is -0.318 e. The van der Waals surface area contributed by atoms with Crippen LogP contribution in [0.5, 0.6) is 0 Å². The first-order chi connectivity index (χ1) is 13.5. The number of hydrogen-bond donors (Lipinski definition) is 1. The lowest BCUT2D eigenvalue weighted by molar-refractivity contribution is -0.121. The van der Waals surface area contributed by atoms with Crippen molar-refractivity contribution in [1.29, 1.82) is 5.26 Å². The lowest BCUT2D eigenvalue weighted by Gasteiger charge is -2.09. The van der Waals surface area contributed by atoms with E-state index in [1.807, 2.05) is 56.3 Å². The number of hydrogen-bond acceptors (Lipinski definition) is 3. The number of halogens is 1. The Bertz CT molecular complexity index is 1050. The summed E-state index contributed by atoms with van der Waals surface area (Å²) in [6.07, 6.45) is 1.59. The Labute approximate surface area is 168 Å². The molecule has 0 aliphatic rings. The van der Waals surface area contributed by atoms with Crippen molar-refractivity contribution in [2.24, 2.45) is 5.10 Å². The minimum absolute atomic E-state index is 0.462.